The molecule has 90 valence electrons. The van der Waals surface area contributed by atoms with E-state index in [0.717, 1.165) is 5.57 Å². The Morgan fingerprint density at radius 1 is 1.44 bits per heavy atom. The average Bonchev–Trinajstić information content (AvgIpc) is 2.21. The number of hydrogen-bond donors (Lipinski definition) is 1. The van der Waals surface area contributed by atoms with Gasteiger partial charge in [-0.05, 0) is 5.57 Å². The highest BCUT2D eigenvalue weighted by Gasteiger charge is 2.26. The van der Waals surface area contributed by atoms with Gasteiger partial charge < -0.3 is 10.1 Å². The van der Waals surface area contributed by atoms with Crippen molar-refractivity contribution in [2.75, 3.05) is 26.3 Å². The number of carbonyl (C=O) groups excluding carboxylic acids is 2. The quantitative estimate of drug-likeness (QED) is 0.526. The third-order valence-corrected chi connectivity index (χ3v) is 2.20. The molecule has 0 atom stereocenters. The third kappa shape index (κ3) is 3.75. The molecule has 1 fully saturated rings. The first-order valence-corrected chi connectivity index (χ1v) is 5.31. The summed E-state index contributed by atoms with van der Waals surface area (Å²) in [6.07, 6.45) is 0. The van der Waals surface area contributed by atoms with E-state index in [1.807, 2.05) is 13.8 Å². The Balaban J connectivity index is 2.42. The van der Waals surface area contributed by atoms with E-state index < -0.39 is 0 Å². The maximum Gasteiger partial charge on any atom is 0.255 e. The Kier molecular flexibility index (Phi) is 4.64. The normalized spacial score (nSPS) is 17.1. The number of nitrogens with one attached hydrogen (secondary N) is 1. The standard InChI is InChI=1S/C11H18N2O3/c1-8(2)12-4-9(3)5-13-10(14)6-16-7-11(13)15/h8,12H,3-7H2,1-2H3. The van der Waals surface area contributed by atoms with Gasteiger partial charge in [-0.2, -0.15) is 0 Å². The second-order valence-electron chi connectivity index (χ2n) is 4.15. The lowest BCUT2D eigenvalue weighted by Gasteiger charge is -2.25. The van der Waals surface area contributed by atoms with Crippen molar-refractivity contribution in [1.82, 2.24) is 10.2 Å². The summed E-state index contributed by atoms with van der Waals surface area (Å²) in [5.74, 6) is -0.580. The van der Waals surface area contributed by atoms with E-state index >= 15 is 0 Å². The van der Waals surface area contributed by atoms with E-state index in [1.165, 1.54) is 4.90 Å². The lowest BCUT2D eigenvalue weighted by atomic mass is 10.2. The summed E-state index contributed by atoms with van der Waals surface area (Å²) < 4.78 is 4.82. The molecule has 0 saturated carbocycles. The number of imide groups is 1. The highest BCUT2D eigenvalue weighted by atomic mass is 16.5. The van der Waals surface area contributed by atoms with Crippen LogP contribution in [0.3, 0.4) is 0 Å². The summed E-state index contributed by atoms with van der Waals surface area (Å²) in [6.45, 7) is 8.74. The van der Waals surface area contributed by atoms with Gasteiger partial charge in [0, 0.05) is 12.6 Å². The monoisotopic (exact) mass is 226 g/mol. The molecule has 0 unspecified atom stereocenters. The molecule has 0 bridgehead atoms. The van der Waals surface area contributed by atoms with Crippen LogP contribution in [-0.4, -0.2) is 49.1 Å². The predicted molar refractivity (Wildman–Crippen MR) is 59.8 cm³/mol. The van der Waals surface area contributed by atoms with Crippen LogP contribution in [0, 0.1) is 0 Å². The lowest BCUT2D eigenvalue weighted by Crippen LogP contribution is -2.47. The van der Waals surface area contributed by atoms with Crippen LogP contribution in [-0.2, 0) is 14.3 Å². The number of ether oxygens (including phenoxy) is 1. The molecule has 1 rings (SSSR count). The number of nitrogens with zero attached hydrogens (tertiary/aromatic N) is 1. The van der Waals surface area contributed by atoms with Gasteiger partial charge in [0.15, 0.2) is 0 Å². The van der Waals surface area contributed by atoms with Crippen LogP contribution in [0.15, 0.2) is 12.2 Å². The number of rotatable bonds is 5. The first-order chi connectivity index (χ1) is 7.50. The molecule has 0 aromatic carbocycles. The topological polar surface area (TPSA) is 58.6 Å². The summed E-state index contributed by atoms with van der Waals surface area (Å²) in [4.78, 5) is 24.0. The fourth-order valence-corrected chi connectivity index (χ4v) is 1.32. The average molecular weight is 226 g/mol. The van der Waals surface area contributed by atoms with Gasteiger partial charge in [-0.25, -0.2) is 0 Å². The Labute approximate surface area is 95.4 Å². The first-order valence-electron chi connectivity index (χ1n) is 5.31. The van der Waals surface area contributed by atoms with Crippen molar-refractivity contribution in [3.63, 3.8) is 0 Å². The van der Waals surface area contributed by atoms with Crippen molar-refractivity contribution in [3.8, 4) is 0 Å². The molecular weight excluding hydrogens is 208 g/mol. The number of amides is 2. The molecule has 1 N–H and O–H groups in total. The Bertz CT molecular complexity index is 284. The molecule has 1 heterocycles. The Morgan fingerprint density at radius 2 is 2.00 bits per heavy atom. The van der Waals surface area contributed by atoms with Crippen LogP contribution in [0.1, 0.15) is 13.8 Å². The minimum absolute atomic E-state index is 0.0172. The molecule has 5 nitrogen and oxygen atoms in total. The van der Waals surface area contributed by atoms with Crippen molar-refractivity contribution in [2.45, 2.75) is 19.9 Å². The summed E-state index contributed by atoms with van der Waals surface area (Å²) >= 11 is 0. The Hall–Kier alpha value is -1.20. The number of carbonyl (C=O) groups is 2. The van der Waals surface area contributed by atoms with E-state index in [4.69, 9.17) is 4.74 Å². The van der Waals surface area contributed by atoms with Crippen LogP contribution < -0.4 is 5.32 Å². The zero-order valence-corrected chi connectivity index (χ0v) is 9.78. The first kappa shape index (κ1) is 12.9. The van der Waals surface area contributed by atoms with Crippen molar-refractivity contribution >= 4 is 11.8 Å². The second-order valence-corrected chi connectivity index (χ2v) is 4.15. The molecule has 2 amide bonds. The van der Waals surface area contributed by atoms with Crippen molar-refractivity contribution in [1.29, 1.82) is 0 Å². The van der Waals surface area contributed by atoms with Gasteiger partial charge in [0.05, 0.1) is 6.54 Å². The van der Waals surface area contributed by atoms with E-state index in [0.29, 0.717) is 12.6 Å². The predicted octanol–water partition coefficient (Wildman–Crippen LogP) is -0.0740. The highest BCUT2D eigenvalue weighted by Crippen LogP contribution is 2.04. The molecule has 0 aromatic heterocycles. The molecule has 5 heteroatoms. The molecule has 1 saturated heterocycles. The molecule has 1 aliphatic heterocycles. The van der Waals surface area contributed by atoms with Gasteiger partial charge in [0.25, 0.3) is 11.8 Å². The summed E-state index contributed by atoms with van der Waals surface area (Å²) in [5.41, 5.74) is 0.817. The summed E-state index contributed by atoms with van der Waals surface area (Å²) in [7, 11) is 0. The fraction of sp³-hybridized carbons (Fsp3) is 0.636. The molecular formula is C11H18N2O3. The zero-order chi connectivity index (χ0) is 12.1. The molecule has 0 spiro atoms. The smallest absolute Gasteiger partial charge is 0.255 e. The van der Waals surface area contributed by atoms with Crippen molar-refractivity contribution in [2.24, 2.45) is 0 Å². The van der Waals surface area contributed by atoms with Crippen molar-refractivity contribution < 1.29 is 14.3 Å². The minimum atomic E-state index is -0.290. The van der Waals surface area contributed by atoms with Gasteiger partial charge in [0.2, 0.25) is 0 Å². The fourth-order valence-electron chi connectivity index (χ4n) is 1.32. The molecule has 16 heavy (non-hydrogen) atoms. The SMILES string of the molecule is C=C(CNC(C)C)CN1C(=O)COCC1=O. The molecule has 1 aliphatic rings. The van der Waals surface area contributed by atoms with Crippen molar-refractivity contribution in [3.05, 3.63) is 12.2 Å². The van der Waals surface area contributed by atoms with Gasteiger partial charge >= 0.3 is 0 Å². The van der Waals surface area contributed by atoms with E-state index in [9.17, 15) is 9.59 Å². The van der Waals surface area contributed by atoms with Gasteiger partial charge in [-0.15, -0.1) is 0 Å². The van der Waals surface area contributed by atoms with E-state index in [-0.39, 0.29) is 31.6 Å². The summed E-state index contributed by atoms with van der Waals surface area (Å²) in [6, 6.07) is 0.354. The molecule has 0 radical (unpaired) electrons. The van der Waals surface area contributed by atoms with E-state index in [1.54, 1.807) is 0 Å². The van der Waals surface area contributed by atoms with Gasteiger partial charge in [-0.3, -0.25) is 14.5 Å². The lowest BCUT2D eigenvalue weighted by molar-refractivity contribution is -0.157. The third-order valence-electron chi connectivity index (χ3n) is 2.20. The number of morpholine rings is 1. The largest absolute Gasteiger partial charge is 0.362 e. The zero-order valence-electron chi connectivity index (χ0n) is 9.78. The van der Waals surface area contributed by atoms with Gasteiger partial charge in [-0.1, -0.05) is 20.4 Å². The molecule has 0 aliphatic carbocycles. The van der Waals surface area contributed by atoms with Crippen LogP contribution in [0.2, 0.25) is 0 Å². The Morgan fingerprint density at radius 3 is 2.50 bits per heavy atom. The van der Waals surface area contributed by atoms with E-state index in [2.05, 4.69) is 11.9 Å². The molecule has 0 aromatic rings. The number of hydrogen-bond acceptors (Lipinski definition) is 4. The van der Waals surface area contributed by atoms with Gasteiger partial charge in [0.1, 0.15) is 13.2 Å². The van der Waals surface area contributed by atoms with Crippen LogP contribution >= 0.6 is 0 Å². The second kappa shape index (κ2) is 5.77. The minimum Gasteiger partial charge on any atom is -0.362 e. The summed E-state index contributed by atoms with van der Waals surface area (Å²) in [5, 5.41) is 3.18. The maximum atomic E-state index is 11.4. The maximum absolute atomic E-state index is 11.4. The van der Waals surface area contributed by atoms with Crippen LogP contribution in [0.4, 0.5) is 0 Å². The highest BCUT2D eigenvalue weighted by molar-refractivity contribution is 5.98. The van der Waals surface area contributed by atoms with Crippen LogP contribution in [0.25, 0.3) is 0 Å². The van der Waals surface area contributed by atoms with Crippen LogP contribution in [0.5, 0.6) is 0 Å².